The normalized spacial score (nSPS) is 19.1. The molecule has 258 valence electrons. The summed E-state index contributed by atoms with van der Waals surface area (Å²) in [6.45, 7) is 8.79. The smallest absolute Gasteiger partial charge is 0.407 e. The fourth-order valence-electron chi connectivity index (χ4n) is 7.13. The Kier molecular flexibility index (Phi) is 7.65. The largest absolute Gasteiger partial charge is 0.444 e. The van der Waals surface area contributed by atoms with Crippen LogP contribution in [0, 0.1) is 12.8 Å². The molecule has 2 aliphatic heterocycles. The Labute approximate surface area is 288 Å². The highest BCUT2D eigenvalue weighted by molar-refractivity contribution is 5.99. The van der Waals surface area contributed by atoms with Crippen LogP contribution in [-0.2, 0) is 17.8 Å². The van der Waals surface area contributed by atoms with Gasteiger partial charge < -0.3 is 24.8 Å². The van der Waals surface area contributed by atoms with Crippen LogP contribution in [0.4, 0.5) is 9.18 Å². The van der Waals surface area contributed by atoms with Gasteiger partial charge in [0.05, 0.1) is 35.1 Å². The number of pyridine rings is 2. The van der Waals surface area contributed by atoms with Gasteiger partial charge in [0.15, 0.2) is 0 Å². The molecule has 1 aromatic carbocycles. The molecule has 5 aromatic rings. The van der Waals surface area contributed by atoms with Crippen molar-refractivity contribution in [2.24, 2.45) is 5.92 Å². The Hall–Kier alpha value is -5.26. The molecule has 0 spiro atoms. The molecule has 4 aromatic heterocycles. The third-order valence-electron chi connectivity index (χ3n) is 9.74. The van der Waals surface area contributed by atoms with E-state index in [0.29, 0.717) is 23.6 Å². The lowest BCUT2D eigenvalue weighted by Crippen LogP contribution is -2.54. The van der Waals surface area contributed by atoms with Crippen molar-refractivity contribution in [3.05, 3.63) is 77.0 Å². The summed E-state index contributed by atoms with van der Waals surface area (Å²) >= 11 is 0. The molecule has 12 heteroatoms. The Morgan fingerprint density at radius 3 is 2.68 bits per heavy atom. The Morgan fingerprint density at radius 1 is 1.08 bits per heavy atom. The number of carbonyl (C=O) groups is 3. The van der Waals surface area contributed by atoms with E-state index in [0.717, 1.165) is 56.9 Å². The van der Waals surface area contributed by atoms with E-state index >= 15 is 0 Å². The van der Waals surface area contributed by atoms with Gasteiger partial charge in [-0.25, -0.2) is 18.7 Å². The maximum Gasteiger partial charge on any atom is 0.407 e. The van der Waals surface area contributed by atoms with Gasteiger partial charge in [0.1, 0.15) is 23.1 Å². The first-order valence-electron chi connectivity index (χ1n) is 17.2. The second-order valence-electron chi connectivity index (χ2n) is 14.9. The average Bonchev–Trinajstić information content (AvgIpc) is 3.60. The van der Waals surface area contributed by atoms with Crippen molar-refractivity contribution in [1.82, 2.24) is 34.7 Å². The third-order valence-corrected chi connectivity index (χ3v) is 9.74. The SMILES string of the molecule is Cc1c(-c2cc3ccc(-c4ccc5c(c4)CNC5=O)nc3n2CC2CC2)nn2cc(C(=O)N3C[C@H](F)C[C@@H](NC(=O)OC(C)(C)C)C3)ccc12. The lowest BCUT2D eigenvalue weighted by molar-refractivity contribution is 0.0394. The standard InChI is InChI=1S/C38H40FN7O4/c1-21-31-12-9-25(36(48)44-19-27(39)15-28(20-44)41-37(49)50-38(2,3)4)18-46(31)43-33(21)32-14-24-8-11-30(42-34(24)45(32)17-22-5-6-22)23-7-10-29-26(13-23)16-40-35(29)47/h7-14,18,22,27-28H,5-6,15-17,19-20H2,1-4H3,(H,40,47)(H,41,49)/t27-,28-/m1/s1. The zero-order valence-corrected chi connectivity index (χ0v) is 28.6. The van der Waals surface area contributed by atoms with Gasteiger partial charge in [-0.15, -0.1) is 0 Å². The van der Waals surface area contributed by atoms with Gasteiger partial charge in [-0.3, -0.25) is 9.59 Å². The van der Waals surface area contributed by atoms with Crippen molar-refractivity contribution in [1.29, 1.82) is 0 Å². The van der Waals surface area contributed by atoms with Gasteiger partial charge in [-0.1, -0.05) is 6.07 Å². The number of aromatic nitrogens is 4. The number of rotatable bonds is 6. The molecule has 2 atom stereocenters. The van der Waals surface area contributed by atoms with Gasteiger partial charge in [0.2, 0.25) is 0 Å². The summed E-state index contributed by atoms with van der Waals surface area (Å²) in [6.07, 6.45) is 2.25. The molecule has 50 heavy (non-hydrogen) atoms. The summed E-state index contributed by atoms with van der Waals surface area (Å²) < 4.78 is 24.2. The minimum atomic E-state index is -1.28. The van der Waals surface area contributed by atoms with E-state index in [1.807, 2.05) is 37.3 Å². The number of ether oxygens (including phenoxy) is 1. The Balaban J connectivity index is 1.10. The van der Waals surface area contributed by atoms with E-state index in [-0.39, 0.29) is 31.3 Å². The number of nitrogens with zero attached hydrogens (tertiary/aromatic N) is 5. The number of hydrogen-bond acceptors (Lipinski definition) is 6. The quantitative estimate of drug-likeness (QED) is 0.226. The molecule has 11 nitrogen and oxygen atoms in total. The number of benzene rings is 1. The van der Waals surface area contributed by atoms with E-state index in [9.17, 15) is 18.8 Å². The summed E-state index contributed by atoms with van der Waals surface area (Å²) in [5.74, 6) is 0.204. The molecule has 6 heterocycles. The second-order valence-corrected chi connectivity index (χ2v) is 14.9. The van der Waals surface area contributed by atoms with Crippen LogP contribution < -0.4 is 10.6 Å². The van der Waals surface area contributed by atoms with E-state index in [4.69, 9.17) is 14.8 Å². The molecule has 3 aliphatic rings. The van der Waals surface area contributed by atoms with E-state index in [2.05, 4.69) is 27.3 Å². The Morgan fingerprint density at radius 2 is 1.90 bits per heavy atom. The molecule has 0 bridgehead atoms. The molecule has 3 amide bonds. The molecular weight excluding hydrogens is 637 g/mol. The van der Waals surface area contributed by atoms with Crippen molar-refractivity contribution in [2.75, 3.05) is 13.1 Å². The highest BCUT2D eigenvalue weighted by Crippen LogP contribution is 2.37. The maximum absolute atomic E-state index is 14.8. The summed E-state index contributed by atoms with van der Waals surface area (Å²) in [7, 11) is 0. The minimum absolute atomic E-state index is 0.0432. The summed E-state index contributed by atoms with van der Waals surface area (Å²) in [6, 6.07) is 15.2. The lowest BCUT2D eigenvalue weighted by Gasteiger charge is -2.35. The molecule has 1 aliphatic carbocycles. The van der Waals surface area contributed by atoms with Crippen LogP contribution in [0.1, 0.15) is 71.9 Å². The number of piperidine rings is 1. The van der Waals surface area contributed by atoms with Crippen molar-refractivity contribution in [2.45, 2.75) is 77.9 Å². The molecule has 2 fully saturated rings. The molecule has 0 radical (unpaired) electrons. The summed E-state index contributed by atoms with van der Waals surface area (Å²) in [5, 5.41) is 11.6. The van der Waals surface area contributed by atoms with Crippen molar-refractivity contribution >= 4 is 34.5 Å². The molecule has 0 unspecified atom stereocenters. The van der Waals surface area contributed by atoms with Crippen molar-refractivity contribution in [3.8, 4) is 22.6 Å². The van der Waals surface area contributed by atoms with Crippen LogP contribution in [0.3, 0.4) is 0 Å². The predicted octanol–water partition coefficient (Wildman–Crippen LogP) is 6.06. The highest BCUT2D eigenvalue weighted by atomic mass is 19.1. The van der Waals surface area contributed by atoms with Crippen LogP contribution in [0.2, 0.25) is 0 Å². The fraction of sp³-hybridized carbons (Fsp3) is 0.395. The van der Waals surface area contributed by atoms with Crippen molar-refractivity contribution in [3.63, 3.8) is 0 Å². The lowest BCUT2D eigenvalue weighted by atomic mass is 10.0. The minimum Gasteiger partial charge on any atom is -0.444 e. The predicted molar refractivity (Wildman–Crippen MR) is 187 cm³/mol. The number of carbonyl (C=O) groups excluding carboxylic acids is 3. The molecule has 1 saturated carbocycles. The number of halogens is 1. The van der Waals surface area contributed by atoms with Crippen LogP contribution in [-0.4, -0.2) is 72.9 Å². The first kappa shape index (κ1) is 32.0. The van der Waals surface area contributed by atoms with Crippen LogP contribution >= 0.6 is 0 Å². The number of nitrogens with one attached hydrogen (secondary N) is 2. The Bertz CT molecular complexity index is 2190. The van der Waals surface area contributed by atoms with Gasteiger partial charge in [-0.05, 0) is 94.5 Å². The maximum atomic E-state index is 14.8. The van der Waals surface area contributed by atoms with Crippen molar-refractivity contribution < 1.29 is 23.5 Å². The van der Waals surface area contributed by atoms with Crippen LogP contribution in [0.5, 0.6) is 0 Å². The first-order valence-corrected chi connectivity index (χ1v) is 17.2. The van der Waals surface area contributed by atoms with Crippen LogP contribution in [0.15, 0.2) is 54.7 Å². The monoisotopic (exact) mass is 677 g/mol. The van der Waals surface area contributed by atoms with E-state index in [1.54, 1.807) is 37.5 Å². The third kappa shape index (κ3) is 6.07. The zero-order valence-electron chi connectivity index (χ0n) is 28.6. The number of alkyl carbamates (subject to hydrolysis) is 1. The van der Waals surface area contributed by atoms with Gasteiger partial charge in [0.25, 0.3) is 11.8 Å². The number of amides is 3. The van der Waals surface area contributed by atoms with Gasteiger partial charge in [-0.2, -0.15) is 5.10 Å². The van der Waals surface area contributed by atoms with Gasteiger partial charge in [0, 0.05) is 54.3 Å². The van der Waals surface area contributed by atoms with E-state index in [1.165, 1.54) is 17.7 Å². The number of aryl methyl sites for hydroxylation is 1. The van der Waals surface area contributed by atoms with E-state index < -0.39 is 23.9 Å². The highest BCUT2D eigenvalue weighted by Gasteiger charge is 2.33. The summed E-state index contributed by atoms with van der Waals surface area (Å²) in [4.78, 5) is 44.7. The molecular formula is C38H40FN7O4. The number of fused-ring (bicyclic) bond motifs is 3. The first-order chi connectivity index (χ1) is 23.9. The second kappa shape index (κ2) is 12.0. The molecule has 8 rings (SSSR count). The van der Waals surface area contributed by atoms with Gasteiger partial charge >= 0.3 is 6.09 Å². The average molecular weight is 678 g/mol. The van der Waals surface area contributed by atoms with Crippen LogP contribution in [0.25, 0.3) is 39.2 Å². The zero-order chi connectivity index (χ0) is 34.9. The number of likely N-dealkylation sites (tertiary alicyclic amines) is 1. The molecule has 2 N–H and O–H groups in total. The topological polar surface area (TPSA) is 123 Å². The summed E-state index contributed by atoms with van der Waals surface area (Å²) in [5.41, 5.74) is 7.67. The molecule has 1 saturated heterocycles. The number of alkyl halides is 1. The number of hydrogen-bond donors (Lipinski definition) is 2. The fourth-order valence-corrected chi connectivity index (χ4v) is 7.13.